The molecule has 27 heavy (non-hydrogen) atoms. The molecule has 0 saturated carbocycles. The van der Waals surface area contributed by atoms with Crippen molar-refractivity contribution in [1.29, 1.82) is 5.26 Å². The van der Waals surface area contributed by atoms with E-state index in [4.69, 9.17) is 5.26 Å². The van der Waals surface area contributed by atoms with Crippen LogP contribution < -0.4 is 10.2 Å². The van der Waals surface area contributed by atoms with Crippen LogP contribution in [-0.2, 0) is 15.0 Å². The van der Waals surface area contributed by atoms with E-state index in [-0.39, 0.29) is 30.2 Å². The minimum absolute atomic E-state index is 0.0580. The molecule has 2 amide bonds. The minimum atomic E-state index is -0.174. The summed E-state index contributed by atoms with van der Waals surface area (Å²) in [6.07, 6.45) is 0.164. The van der Waals surface area contributed by atoms with E-state index in [9.17, 15) is 9.59 Å². The van der Waals surface area contributed by atoms with Crippen molar-refractivity contribution in [2.24, 2.45) is 0 Å². The molecular formula is C22H25N3O2. The number of nitrogens with zero attached hydrogens (tertiary/aromatic N) is 2. The van der Waals surface area contributed by atoms with Gasteiger partial charge in [0.05, 0.1) is 11.6 Å². The highest BCUT2D eigenvalue weighted by Gasteiger charge is 2.15. The van der Waals surface area contributed by atoms with E-state index in [2.05, 4.69) is 32.2 Å². The number of hydrogen-bond acceptors (Lipinski definition) is 3. The van der Waals surface area contributed by atoms with Crippen LogP contribution in [0.25, 0.3) is 0 Å². The minimum Gasteiger partial charge on any atom is -0.326 e. The molecule has 0 aliphatic heterocycles. The molecule has 0 aliphatic carbocycles. The molecule has 5 heteroatoms. The molecule has 0 spiro atoms. The maximum Gasteiger partial charge on any atom is 0.226 e. The first-order valence-corrected chi connectivity index (χ1v) is 8.89. The third kappa shape index (κ3) is 5.68. The molecule has 1 N–H and O–H groups in total. The third-order valence-corrected chi connectivity index (χ3v) is 4.26. The van der Waals surface area contributed by atoms with Crippen LogP contribution in [0.1, 0.15) is 45.2 Å². The van der Waals surface area contributed by atoms with E-state index in [0.717, 1.165) is 5.69 Å². The summed E-state index contributed by atoms with van der Waals surface area (Å²) in [6, 6.07) is 16.6. The average Bonchev–Trinajstić information content (AvgIpc) is 2.61. The van der Waals surface area contributed by atoms with Gasteiger partial charge in [0.2, 0.25) is 11.8 Å². The van der Waals surface area contributed by atoms with Gasteiger partial charge in [0.1, 0.15) is 0 Å². The second-order valence-corrected chi connectivity index (χ2v) is 7.46. The number of benzene rings is 2. The fourth-order valence-corrected chi connectivity index (χ4v) is 2.70. The monoisotopic (exact) mass is 363 g/mol. The van der Waals surface area contributed by atoms with Crippen molar-refractivity contribution < 1.29 is 9.59 Å². The molecule has 0 fully saturated rings. The van der Waals surface area contributed by atoms with Crippen molar-refractivity contribution in [2.75, 3.05) is 16.8 Å². The van der Waals surface area contributed by atoms with Gasteiger partial charge in [-0.1, -0.05) is 39.0 Å². The summed E-state index contributed by atoms with van der Waals surface area (Å²) in [5.41, 5.74) is 3.07. The van der Waals surface area contributed by atoms with Crippen molar-refractivity contribution in [3.8, 4) is 6.07 Å². The number of nitriles is 1. The maximum atomic E-state index is 12.3. The fourth-order valence-electron chi connectivity index (χ4n) is 2.70. The van der Waals surface area contributed by atoms with Gasteiger partial charge in [-0.15, -0.1) is 0 Å². The molecule has 5 nitrogen and oxygen atoms in total. The van der Waals surface area contributed by atoms with Gasteiger partial charge in [-0.25, -0.2) is 0 Å². The smallest absolute Gasteiger partial charge is 0.226 e. The number of anilines is 2. The van der Waals surface area contributed by atoms with Crippen LogP contribution in [-0.4, -0.2) is 18.4 Å². The lowest BCUT2D eigenvalue weighted by atomic mass is 9.87. The van der Waals surface area contributed by atoms with Gasteiger partial charge in [0.25, 0.3) is 0 Å². The Kier molecular flexibility index (Phi) is 6.36. The van der Waals surface area contributed by atoms with Crippen LogP contribution in [0.15, 0.2) is 48.5 Å². The standard InChI is InChI=1S/C22H25N3O2/c1-16(26)25(20-7-5-6-17(14-20)15-23)13-12-21(27)24-19-10-8-18(9-11-19)22(2,3)4/h5-11,14H,12-13H2,1-4H3,(H,24,27). The summed E-state index contributed by atoms with van der Waals surface area (Å²) in [5.74, 6) is -0.339. The van der Waals surface area contributed by atoms with Crippen LogP contribution in [0.5, 0.6) is 0 Å². The van der Waals surface area contributed by atoms with Gasteiger partial charge in [-0.3, -0.25) is 9.59 Å². The quantitative estimate of drug-likeness (QED) is 0.863. The van der Waals surface area contributed by atoms with Crippen molar-refractivity contribution in [1.82, 2.24) is 0 Å². The zero-order chi connectivity index (χ0) is 20.0. The van der Waals surface area contributed by atoms with E-state index in [1.165, 1.54) is 17.4 Å². The zero-order valence-corrected chi connectivity index (χ0v) is 16.2. The Morgan fingerprint density at radius 1 is 1.11 bits per heavy atom. The molecular weight excluding hydrogens is 338 g/mol. The van der Waals surface area contributed by atoms with Crippen LogP contribution >= 0.6 is 0 Å². The van der Waals surface area contributed by atoms with Gasteiger partial charge in [0.15, 0.2) is 0 Å². The molecule has 0 bridgehead atoms. The lowest BCUT2D eigenvalue weighted by molar-refractivity contribution is -0.117. The summed E-state index contributed by atoms with van der Waals surface area (Å²) in [6.45, 7) is 8.10. The van der Waals surface area contributed by atoms with Crippen LogP contribution in [0.3, 0.4) is 0 Å². The van der Waals surface area contributed by atoms with Gasteiger partial charge < -0.3 is 10.2 Å². The van der Waals surface area contributed by atoms with Crippen molar-refractivity contribution in [3.05, 3.63) is 59.7 Å². The molecule has 140 valence electrons. The van der Waals surface area contributed by atoms with Crippen LogP contribution in [0.2, 0.25) is 0 Å². The Balaban J connectivity index is 2.00. The molecule has 0 aromatic heterocycles. The summed E-state index contributed by atoms with van der Waals surface area (Å²) in [7, 11) is 0. The first kappa shape index (κ1) is 20.2. The lowest BCUT2D eigenvalue weighted by Crippen LogP contribution is -2.32. The summed E-state index contributed by atoms with van der Waals surface area (Å²) in [5, 5.41) is 11.9. The van der Waals surface area contributed by atoms with E-state index < -0.39 is 0 Å². The van der Waals surface area contributed by atoms with Crippen molar-refractivity contribution in [2.45, 2.75) is 39.5 Å². The second-order valence-electron chi connectivity index (χ2n) is 7.46. The maximum absolute atomic E-state index is 12.3. The fraction of sp³-hybridized carbons (Fsp3) is 0.318. The predicted octanol–water partition coefficient (Wildman–Crippen LogP) is 4.24. The predicted molar refractivity (Wildman–Crippen MR) is 108 cm³/mol. The summed E-state index contributed by atoms with van der Waals surface area (Å²) < 4.78 is 0. The number of carbonyl (C=O) groups excluding carboxylic acids is 2. The van der Waals surface area contributed by atoms with Gasteiger partial charge in [0, 0.05) is 31.3 Å². The first-order chi connectivity index (χ1) is 12.7. The number of hydrogen-bond donors (Lipinski definition) is 1. The van der Waals surface area contributed by atoms with Crippen molar-refractivity contribution >= 4 is 23.2 Å². The highest BCUT2D eigenvalue weighted by molar-refractivity contribution is 5.94. The van der Waals surface area contributed by atoms with Gasteiger partial charge in [-0.2, -0.15) is 5.26 Å². The average molecular weight is 363 g/mol. The highest BCUT2D eigenvalue weighted by atomic mass is 16.2. The van der Waals surface area contributed by atoms with Gasteiger partial charge in [-0.05, 0) is 41.3 Å². The van der Waals surface area contributed by atoms with E-state index in [1.807, 2.05) is 24.3 Å². The molecule has 2 aromatic rings. The Bertz CT molecular complexity index is 858. The largest absolute Gasteiger partial charge is 0.326 e. The molecule has 0 radical (unpaired) electrons. The zero-order valence-electron chi connectivity index (χ0n) is 16.2. The Morgan fingerprint density at radius 3 is 2.33 bits per heavy atom. The first-order valence-electron chi connectivity index (χ1n) is 8.89. The van der Waals surface area contributed by atoms with E-state index in [0.29, 0.717) is 11.3 Å². The molecule has 0 atom stereocenters. The van der Waals surface area contributed by atoms with E-state index in [1.54, 1.807) is 24.3 Å². The molecule has 0 heterocycles. The summed E-state index contributed by atoms with van der Waals surface area (Å²) in [4.78, 5) is 25.7. The SMILES string of the molecule is CC(=O)N(CCC(=O)Nc1ccc(C(C)(C)C)cc1)c1cccc(C#N)c1. The lowest BCUT2D eigenvalue weighted by Gasteiger charge is -2.21. The topological polar surface area (TPSA) is 73.2 Å². The number of nitrogens with one attached hydrogen (secondary N) is 1. The molecule has 2 aromatic carbocycles. The van der Waals surface area contributed by atoms with Gasteiger partial charge >= 0.3 is 0 Å². The van der Waals surface area contributed by atoms with Crippen LogP contribution in [0.4, 0.5) is 11.4 Å². The Morgan fingerprint density at radius 2 is 1.78 bits per heavy atom. The van der Waals surface area contributed by atoms with Crippen molar-refractivity contribution in [3.63, 3.8) is 0 Å². The highest BCUT2D eigenvalue weighted by Crippen LogP contribution is 2.23. The molecule has 0 aliphatic rings. The molecule has 0 unspecified atom stereocenters. The summed E-state index contributed by atoms with van der Waals surface area (Å²) >= 11 is 0. The Hall–Kier alpha value is -3.13. The number of rotatable bonds is 5. The van der Waals surface area contributed by atoms with E-state index >= 15 is 0 Å². The van der Waals surface area contributed by atoms with Crippen LogP contribution in [0, 0.1) is 11.3 Å². The molecule has 0 saturated heterocycles. The Labute approximate surface area is 160 Å². The normalized spacial score (nSPS) is 10.8. The molecule has 2 rings (SSSR count). The number of amides is 2. The number of carbonyl (C=O) groups is 2. The second kappa shape index (κ2) is 8.50. The third-order valence-electron chi connectivity index (χ3n) is 4.26.